The monoisotopic (exact) mass is 148 g/mol. The van der Waals surface area contributed by atoms with Gasteiger partial charge in [-0.3, -0.25) is 0 Å². The minimum absolute atomic E-state index is 0.202. The Bertz CT molecular complexity index is 90.9. The summed E-state index contributed by atoms with van der Waals surface area (Å²) >= 11 is 0. The van der Waals surface area contributed by atoms with Crippen LogP contribution in [0, 0.1) is 0 Å². The van der Waals surface area contributed by atoms with Crippen molar-refractivity contribution >= 4 is 0 Å². The maximum atomic E-state index is 8.99. The summed E-state index contributed by atoms with van der Waals surface area (Å²) in [6.07, 6.45) is -0.213. The van der Waals surface area contributed by atoms with E-state index in [-0.39, 0.29) is 12.2 Å². The van der Waals surface area contributed by atoms with Gasteiger partial charge in [-0.05, 0) is 13.8 Å². The Kier molecular flexibility index (Phi) is 3.86. The lowest BCUT2D eigenvalue weighted by molar-refractivity contribution is -0.0322. The Morgan fingerprint density at radius 1 is 1.50 bits per heavy atom. The molecule has 1 unspecified atom stereocenters. The Balaban J connectivity index is 3.64. The van der Waals surface area contributed by atoms with E-state index >= 15 is 0 Å². The van der Waals surface area contributed by atoms with Gasteiger partial charge in [-0.25, -0.2) is 0 Å². The molecule has 0 aliphatic carbocycles. The number of aliphatic hydroxyl groups is 2. The zero-order valence-electron chi connectivity index (χ0n) is 6.79. The largest absolute Gasteiger partial charge is 0.394 e. The maximum absolute atomic E-state index is 8.99. The first-order valence-electron chi connectivity index (χ1n) is 3.36. The molecule has 0 aliphatic rings. The quantitative estimate of drug-likeness (QED) is 0.597. The van der Waals surface area contributed by atoms with E-state index in [2.05, 4.69) is 0 Å². The van der Waals surface area contributed by atoms with E-state index in [1.807, 2.05) is 13.8 Å². The predicted octanol–water partition coefficient (Wildman–Crippen LogP) is 0.155. The van der Waals surface area contributed by atoms with Crippen molar-refractivity contribution in [3.8, 4) is 0 Å². The fourth-order valence-electron chi connectivity index (χ4n) is 0.715. The summed E-state index contributed by atoms with van der Waals surface area (Å²) in [5, 5.41) is 17.5. The van der Waals surface area contributed by atoms with Crippen LogP contribution in [-0.4, -0.2) is 35.6 Å². The zero-order valence-corrected chi connectivity index (χ0v) is 6.79. The second-order valence-electron chi connectivity index (χ2n) is 3.00. The molecular formula is C7H16O3. The highest BCUT2D eigenvalue weighted by Gasteiger charge is 2.20. The van der Waals surface area contributed by atoms with E-state index in [1.165, 1.54) is 0 Å². The van der Waals surface area contributed by atoms with E-state index in [9.17, 15) is 0 Å². The fraction of sp³-hybridized carbons (Fsp3) is 1.00. The summed E-state index contributed by atoms with van der Waals surface area (Å²) in [6, 6.07) is 0. The summed E-state index contributed by atoms with van der Waals surface area (Å²) in [5.41, 5.74) is -0.345. The van der Waals surface area contributed by atoms with Crippen LogP contribution in [0.15, 0.2) is 0 Å². The Labute approximate surface area is 61.6 Å². The number of hydrogen-bond acceptors (Lipinski definition) is 3. The smallest absolute Gasteiger partial charge is 0.0798 e. The minimum Gasteiger partial charge on any atom is -0.394 e. The van der Waals surface area contributed by atoms with Crippen LogP contribution in [0.5, 0.6) is 0 Å². The summed E-state index contributed by atoms with van der Waals surface area (Å²) in [5.74, 6) is 0. The van der Waals surface area contributed by atoms with Crippen LogP contribution < -0.4 is 0 Å². The lowest BCUT2D eigenvalue weighted by Gasteiger charge is -2.24. The van der Waals surface area contributed by atoms with E-state index in [1.54, 1.807) is 7.11 Å². The molecular weight excluding hydrogens is 132 g/mol. The third-order valence-corrected chi connectivity index (χ3v) is 1.49. The Morgan fingerprint density at radius 3 is 2.30 bits per heavy atom. The third kappa shape index (κ3) is 3.82. The molecule has 10 heavy (non-hydrogen) atoms. The van der Waals surface area contributed by atoms with Crippen molar-refractivity contribution in [2.24, 2.45) is 0 Å². The van der Waals surface area contributed by atoms with E-state index in [4.69, 9.17) is 14.9 Å². The van der Waals surface area contributed by atoms with Crippen molar-refractivity contribution in [1.82, 2.24) is 0 Å². The molecule has 0 radical (unpaired) electrons. The third-order valence-electron chi connectivity index (χ3n) is 1.49. The average Bonchev–Trinajstić information content (AvgIpc) is 1.87. The van der Waals surface area contributed by atoms with Crippen LogP contribution in [0.3, 0.4) is 0 Å². The van der Waals surface area contributed by atoms with Gasteiger partial charge in [-0.2, -0.15) is 0 Å². The number of aliphatic hydroxyl groups excluding tert-OH is 2. The second kappa shape index (κ2) is 3.91. The summed E-state index contributed by atoms with van der Waals surface area (Å²) in [7, 11) is 1.59. The first-order chi connectivity index (χ1) is 4.52. The molecule has 0 amide bonds. The van der Waals surface area contributed by atoms with Crippen molar-refractivity contribution in [2.75, 3.05) is 13.7 Å². The number of hydrogen-bond donors (Lipinski definition) is 2. The molecule has 62 valence electrons. The molecule has 1 atom stereocenters. The van der Waals surface area contributed by atoms with E-state index in [0.717, 1.165) is 0 Å². The van der Waals surface area contributed by atoms with Gasteiger partial charge in [0.25, 0.3) is 0 Å². The van der Waals surface area contributed by atoms with Crippen LogP contribution in [0.25, 0.3) is 0 Å². The first kappa shape index (κ1) is 9.88. The highest BCUT2D eigenvalue weighted by atomic mass is 16.5. The van der Waals surface area contributed by atoms with Gasteiger partial charge >= 0.3 is 0 Å². The second-order valence-corrected chi connectivity index (χ2v) is 3.00. The van der Waals surface area contributed by atoms with E-state index < -0.39 is 6.10 Å². The standard InChI is InChI=1S/C7H16O3/c1-7(2,10-3)4-6(9)5-8/h6,8-9H,4-5H2,1-3H3. The van der Waals surface area contributed by atoms with Gasteiger partial charge in [0.2, 0.25) is 0 Å². The normalized spacial score (nSPS) is 15.3. The molecule has 2 N–H and O–H groups in total. The van der Waals surface area contributed by atoms with Gasteiger partial charge in [-0.15, -0.1) is 0 Å². The van der Waals surface area contributed by atoms with Gasteiger partial charge in [0.1, 0.15) is 0 Å². The highest BCUT2D eigenvalue weighted by Crippen LogP contribution is 2.14. The highest BCUT2D eigenvalue weighted by molar-refractivity contribution is 4.72. The van der Waals surface area contributed by atoms with Gasteiger partial charge < -0.3 is 14.9 Å². The van der Waals surface area contributed by atoms with Gasteiger partial charge in [0.05, 0.1) is 18.3 Å². The minimum atomic E-state index is -0.671. The lowest BCUT2D eigenvalue weighted by Crippen LogP contribution is -2.30. The van der Waals surface area contributed by atoms with Crippen molar-refractivity contribution in [1.29, 1.82) is 0 Å². The molecule has 0 aromatic carbocycles. The Hall–Kier alpha value is -0.120. The molecule has 0 fully saturated rings. The molecule has 0 aromatic heterocycles. The van der Waals surface area contributed by atoms with Crippen LogP contribution in [-0.2, 0) is 4.74 Å². The molecule has 0 rings (SSSR count). The first-order valence-corrected chi connectivity index (χ1v) is 3.36. The molecule has 3 nitrogen and oxygen atoms in total. The summed E-state index contributed by atoms with van der Waals surface area (Å²) in [6.45, 7) is 3.53. The van der Waals surface area contributed by atoms with Crippen molar-refractivity contribution in [3.63, 3.8) is 0 Å². The SMILES string of the molecule is COC(C)(C)CC(O)CO. The van der Waals surface area contributed by atoms with Crippen molar-refractivity contribution in [3.05, 3.63) is 0 Å². The molecule has 0 aliphatic heterocycles. The average molecular weight is 148 g/mol. The molecule has 0 saturated carbocycles. The fourth-order valence-corrected chi connectivity index (χ4v) is 0.715. The van der Waals surface area contributed by atoms with Gasteiger partial charge in [0.15, 0.2) is 0 Å². The number of rotatable bonds is 4. The van der Waals surface area contributed by atoms with Crippen molar-refractivity contribution < 1.29 is 14.9 Å². The lowest BCUT2D eigenvalue weighted by atomic mass is 10.0. The van der Waals surface area contributed by atoms with Crippen LogP contribution in [0.1, 0.15) is 20.3 Å². The zero-order chi connectivity index (χ0) is 8.20. The predicted molar refractivity (Wildman–Crippen MR) is 38.8 cm³/mol. The number of methoxy groups -OCH3 is 1. The van der Waals surface area contributed by atoms with Gasteiger partial charge in [0, 0.05) is 13.5 Å². The summed E-state index contributed by atoms with van der Waals surface area (Å²) < 4.78 is 5.04. The number of ether oxygens (including phenoxy) is 1. The van der Waals surface area contributed by atoms with Crippen LogP contribution in [0.2, 0.25) is 0 Å². The molecule has 3 heteroatoms. The molecule has 0 aromatic rings. The van der Waals surface area contributed by atoms with Crippen LogP contribution >= 0.6 is 0 Å². The van der Waals surface area contributed by atoms with E-state index in [0.29, 0.717) is 6.42 Å². The molecule has 0 spiro atoms. The maximum Gasteiger partial charge on any atom is 0.0798 e. The topological polar surface area (TPSA) is 49.7 Å². The summed E-state index contributed by atoms with van der Waals surface area (Å²) in [4.78, 5) is 0. The molecule has 0 saturated heterocycles. The Morgan fingerprint density at radius 2 is 2.00 bits per heavy atom. The van der Waals surface area contributed by atoms with Crippen molar-refractivity contribution in [2.45, 2.75) is 32.0 Å². The molecule has 0 bridgehead atoms. The van der Waals surface area contributed by atoms with Gasteiger partial charge in [-0.1, -0.05) is 0 Å². The molecule has 0 heterocycles. The van der Waals surface area contributed by atoms with Crippen LogP contribution in [0.4, 0.5) is 0 Å².